The summed E-state index contributed by atoms with van der Waals surface area (Å²) in [7, 11) is 3.61. The van der Waals surface area contributed by atoms with Gasteiger partial charge in [0, 0.05) is 20.2 Å². The van der Waals surface area contributed by atoms with Crippen molar-refractivity contribution in [3.8, 4) is 0 Å². The second-order valence-electron chi connectivity index (χ2n) is 5.73. The summed E-state index contributed by atoms with van der Waals surface area (Å²) in [5, 5.41) is 2.82. The molecule has 1 aliphatic rings. The molecule has 1 aliphatic heterocycles. The van der Waals surface area contributed by atoms with Gasteiger partial charge < -0.3 is 9.32 Å². The summed E-state index contributed by atoms with van der Waals surface area (Å²) in [6.45, 7) is 0. The van der Waals surface area contributed by atoms with E-state index < -0.39 is 11.8 Å². The third-order valence-corrected chi connectivity index (χ3v) is 5.32. The zero-order valence-electron chi connectivity index (χ0n) is 14.0. The minimum absolute atomic E-state index is 0.0825. The van der Waals surface area contributed by atoms with Crippen LogP contribution in [0, 0.1) is 0 Å². The number of anilines is 2. The monoisotopic (exact) mass is 487 g/mol. The fourth-order valence-corrected chi connectivity index (χ4v) is 3.75. The van der Waals surface area contributed by atoms with Crippen molar-refractivity contribution in [1.29, 1.82) is 0 Å². The first kappa shape index (κ1) is 19.9. The molecule has 0 unspecified atom stereocenters. The number of furan rings is 1. The van der Waals surface area contributed by atoms with Crippen LogP contribution >= 0.6 is 51.3 Å². The molecule has 1 saturated heterocycles. The maximum Gasteiger partial charge on any atom is 0.270 e. The Hall–Kier alpha value is -1.87. The standard InChI is InChI=1S/C17H12BrCl2N3O3S/c1-22(2)16-10(18)7-8(26-16)6-9-14(24)21-17(27)23(15(9)25)12-5-3-4-11(19)13(12)20/h3-7H,1-2H3,(H,21,24,27)/b9-6+. The van der Waals surface area contributed by atoms with Crippen LogP contribution in [0.15, 0.2) is 38.7 Å². The number of amides is 2. The van der Waals surface area contributed by atoms with Crippen LogP contribution in [-0.4, -0.2) is 31.0 Å². The fraction of sp³-hybridized carbons (Fsp3) is 0.118. The highest BCUT2D eigenvalue weighted by Gasteiger charge is 2.36. The molecule has 1 N–H and O–H groups in total. The summed E-state index contributed by atoms with van der Waals surface area (Å²) >= 11 is 20.8. The summed E-state index contributed by atoms with van der Waals surface area (Å²) in [5.74, 6) is -0.380. The topological polar surface area (TPSA) is 65.8 Å². The Balaban J connectivity index is 2.05. The summed E-state index contributed by atoms with van der Waals surface area (Å²) < 4.78 is 6.35. The maximum atomic E-state index is 13.0. The summed E-state index contributed by atoms with van der Waals surface area (Å²) in [6, 6.07) is 6.46. The van der Waals surface area contributed by atoms with Crippen LogP contribution in [0.5, 0.6) is 0 Å². The average Bonchev–Trinajstić information content (AvgIpc) is 2.96. The predicted molar refractivity (Wildman–Crippen MR) is 113 cm³/mol. The Labute approximate surface area is 178 Å². The molecular weight excluding hydrogens is 477 g/mol. The molecule has 0 spiro atoms. The lowest BCUT2D eigenvalue weighted by Gasteiger charge is -2.29. The van der Waals surface area contributed by atoms with Crippen LogP contribution in [0.4, 0.5) is 11.6 Å². The van der Waals surface area contributed by atoms with Crippen molar-refractivity contribution in [1.82, 2.24) is 5.32 Å². The number of nitrogens with one attached hydrogen (secondary N) is 1. The van der Waals surface area contributed by atoms with E-state index in [0.717, 1.165) is 4.90 Å². The highest BCUT2D eigenvalue weighted by Crippen LogP contribution is 2.35. The molecular formula is C17H12BrCl2N3O3S. The van der Waals surface area contributed by atoms with E-state index in [9.17, 15) is 9.59 Å². The van der Waals surface area contributed by atoms with Crippen LogP contribution in [0.25, 0.3) is 6.08 Å². The van der Waals surface area contributed by atoms with Crippen molar-refractivity contribution in [2.45, 2.75) is 0 Å². The molecule has 3 rings (SSSR count). The number of hydrogen-bond acceptors (Lipinski definition) is 5. The minimum atomic E-state index is -0.633. The normalized spacial score (nSPS) is 16.1. The lowest BCUT2D eigenvalue weighted by atomic mass is 10.1. The molecule has 0 radical (unpaired) electrons. The highest BCUT2D eigenvalue weighted by atomic mass is 79.9. The second-order valence-corrected chi connectivity index (χ2v) is 7.75. The third kappa shape index (κ3) is 3.75. The number of rotatable bonds is 3. The van der Waals surface area contributed by atoms with Gasteiger partial charge in [0.2, 0.25) is 5.88 Å². The molecule has 0 bridgehead atoms. The number of benzene rings is 1. The molecule has 0 saturated carbocycles. The van der Waals surface area contributed by atoms with Crippen LogP contribution in [-0.2, 0) is 9.59 Å². The second kappa shape index (κ2) is 7.63. The van der Waals surface area contributed by atoms with Gasteiger partial charge in [-0.05, 0) is 46.4 Å². The van der Waals surface area contributed by atoms with E-state index in [0.29, 0.717) is 16.1 Å². The molecule has 1 aromatic carbocycles. The van der Waals surface area contributed by atoms with E-state index >= 15 is 0 Å². The van der Waals surface area contributed by atoms with Crippen LogP contribution < -0.4 is 15.1 Å². The molecule has 1 aromatic heterocycles. The van der Waals surface area contributed by atoms with Gasteiger partial charge in [0.05, 0.1) is 20.2 Å². The molecule has 6 nitrogen and oxygen atoms in total. The highest BCUT2D eigenvalue weighted by molar-refractivity contribution is 9.10. The molecule has 2 heterocycles. The quantitative estimate of drug-likeness (QED) is 0.397. The van der Waals surface area contributed by atoms with E-state index in [1.165, 1.54) is 6.08 Å². The van der Waals surface area contributed by atoms with Crippen molar-refractivity contribution < 1.29 is 14.0 Å². The predicted octanol–water partition coefficient (Wildman–Crippen LogP) is 4.25. The van der Waals surface area contributed by atoms with E-state index in [-0.39, 0.29) is 26.4 Å². The van der Waals surface area contributed by atoms with Gasteiger partial charge in [-0.25, -0.2) is 0 Å². The van der Waals surface area contributed by atoms with Gasteiger partial charge in [0.25, 0.3) is 11.8 Å². The first-order chi connectivity index (χ1) is 12.7. The third-order valence-electron chi connectivity index (χ3n) is 3.65. The molecule has 27 heavy (non-hydrogen) atoms. The molecule has 140 valence electrons. The van der Waals surface area contributed by atoms with Crippen LogP contribution in [0.2, 0.25) is 10.0 Å². The molecule has 10 heteroatoms. The maximum absolute atomic E-state index is 13.0. The van der Waals surface area contributed by atoms with Crippen LogP contribution in [0.1, 0.15) is 5.76 Å². The van der Waals surface area contributed by atoms with Gasteiger partial charge in [-0.3, -0.25) is 19.8 Å². The van der Waals surface area contributed by atoms with Crippen molar-refractivity contribution in [2.24, 2.45) is 0 Å². The Kier molecular flexibility index (Phi) is 5.62. The van der Waals surface area contributed by atoms with E-state index in [2.05, 4.69) is 21.2 Å². The Morgan fingerprint density at radius 1 is 1.30 bits per heavy atom. The number of hydrogen-bond donors (Lipinski definition) is 1. The first-order valence-electron chi connectivity index (χ1n) is 7.53. The van der Waals surface area contributed by atoms with Crippen LogP contribution in [0.3, 0.4) is 0 Å². The summed E-state index contributed by atoms with van der Waals surface area (Å²) in [6.07, 6.45) is 1.35. The average molecular weight is 489 g/mol. The van der Waals surface area contributed by atoms with E-state index in [1.807, 2.05) is 0 Å². The van der Waals surface area contributed by atoms with E-state index in [4.69, 9.17) is 39.8 Å². The number of thiocarbonyl (C=S) groups is 1. The lowest BCUT2D eigenvalue weighted by molar-refractivity contribution is -0.122. The van der Waals surface area contributed by atoms with Crippen molar-refractivity contribution in [2.75, 3.05) is 23.9 Å². The number of carbonyl (C=O) groups excluding carboxylic acids is 2. The molecule has 2 aromatic rings. The number of halogens is 3. The SMILES string of the molecule is CN(C)c1oc(/C=C2\C(=O)NC(=S)N(c3cccc(Cl)c3Cl)C2=O)cc1Br. The Morgan fingerprint density at radius 2 is 2.00 bits per heavy atom. The molecule has 1 fully saturated rings. The molecule has 0 aliphatic carbocycles. The van der Waals surface area contributed by atoms with Gasteiger partial charge in [0.15, 0.2) is 5.11 Å². The van der Waals surface area contributed by atoms with Crippen molar-refractivity contribution in [3.05, 3.63) is 50.1 Å². The Bertz CT molecular complexity index is 1000. The zero-order valence-corrected chi connectivity index (χ0v) is 18.0. The van der Waals surface area contributed by atoms with Gasteiger partial charge >= 0.3 is 0 Å². The molecule has 2 amide bonds. The largest absolute Gasteiger partial charge is 0.440 e. The lowest BCUT2D eigenvalue weighted by Crippen LogP contribution is -2.54. The summed E-state index contributed by atoms with van der Waals surface area (Å²) in [5.41, 5.74) is 0.130. The van der Waals surface area contributed by atoms with Gasteiger partial charge in [0.1, 0.15) is 11.3 Å². The first-order valence-corrected chi connectivity index (χ1v) is 9.48. The van der Waals surface area contributed by atoms with Crippen molar-refractivity contribution in [3.63, 3.8) is 0 Å². The molecule has 0 atom stereocenters. The minimum Gasteiger partial charge on any atom is -0.440 e. The number of nitrogens with zero attached hydrogens (tertiary/aromatic N) is 2. The summed E-state index contributed by atoms with van der Waals surface area (Å²) in [4.78, 5) is 28.2. The fourth-order valence-electron chi connectivity index (χ4n) is 2.44. The van der Waals surface area contributed by atoms with Crippen molar-refractivity contribution >= 4 is 85.9 Å². The Morgan fingerprint density at radius 3 is 2.63 bits per heavy atom. The van der Waals surface area contributed by atoms with E-state index in [1.54, 1.807) is 43.3 Å². The zero-order chi connectivity index (χ0) is 19.9. The van der Waals surface area contributed by atoms with Gasteiger partial charge in [-0.15, -0.1) is 0 Å². The van der Waals surface area contributed by atoms with Gasteiger partial charge in [-0.2, -0.15) is 0 Å². The number of carbonyl (C=O) groups is 2. The smallest absolute Gasteiger partial charge is 0.270 e. The van der Waals surface area contributed by atoms with Gasteiger partial charge in [-0.1, -0.05) is 29.3 Å².